The third-order valence-electron chi connectivity index (χ3n) is 2.04. The number of aryl methyl sites for hydroxylation is 1. The van der Waals surface area contributed by atoms with Crippen LogP contribution in [0.4, 0.5) is 5.69 Å². The van der Waals surface area contributed by atoms with Crippen molar-refractivity contribution in [2.24, 2.45) is 0 Å². The van der Waals surface area contributed by atoms with Gasteiger partial charge in [0.1, 0.15) is 0 Å². The largest absolute Gasteiger partial charge is 0.330 e. The summed E-state index contributed by atoms with van der Waals surface area (Å²) in [5, 5.41) is 8.29. The minimum absolute atomic E-state index is 0.501. The average Bonchev–Trinajstić information content (AvgIpc) is 2.68. The zero-order valence-electron chi connectivity index (χ0n) is 8.64. The van der Waals surface area contributed by atoms with Crippen molar-refractivity contribution in [2.75, 3.05) is 5.32 Å². The van der Waals surface area contributed by atoms with E-state index in [0.717, 1.165) is 11.3 Å². The number of benzene rings is 1. The van der Waals surface area contributed by atoms with Gasteiger partial charge in [0, 0.05) is 6.20 Å². The molecule has 1 aromatic heterocycles. The van der Waals surface area contributed by atoms with Crippen molar-refractivity contribution in [3.05, 3.63) is 47.2 Å². The van der Waals surface area contributed by atoms with E-state index in [-0.39, 0.29) is 0 Å². The van der Waals surface area contributed by atoms with E-state index in [9.17, 15) is 0 Å². The molecule has 0 unspecified atom stereocenters. The maximum Gasteiger partial charge on any atom is 0.198 e. The van der Waals surface area contributed by atoms with Crippen molar-refractivity contribution in [3.63, 3.8) is 0 Å². The number of nitrogens with one attached hydrogen (secondary N) is 1. The summed E-state index contributed by atoms with van der Waals surface area (Å²) in [7, 11) is 0. The zero-order valence-corrected chi connectivity index (χ0v) is 10.2. The Morgan fingerprint density at radius 1 is 1.44 bits per heavy atom. The van der Waals surface area contributed by atoms with E-state index in [4.69, 9.17) is 23.8 Å². The topological polar surface area (TPSA) is 29.9 Å². The first-order chi connectivity index (χ1) is 7.66. The molecule has 1 N–H and O–H groups in total. The molecule has 0 fully saturated rings. The third kappa shape index (κ3) is 2.40. The van der Waals surface area contributed by atoms with Crippen LogP contribution in [0.5, 0.6) is 0 Å². The summed E-state index contributed by atoms with van der Waals surface area (Å²) >= 11 is 11.2. The Hall–Kier alpha value is -1.39. The van der Waals surface area contributed by atoms with E-state index in [2.05, 4.69) is 10.4 Å². The number of aromatic nitrogens is 2. The van der Waals surface area contributed by atoms with Crippen LogP contribution in [0.2, 0.25) is 5.02 Å². The number of rotatable bonds is 1. The number of hydrogen-bond donors (Lipinski definition) is 1. The molecule has 0 bridgehead atoms. The standard InChI is InChI=1S/C11H10ClN3S/c1-8-6-13-15(7-8)11(16)14-10-5-3-2-4-9(10)12/h2-7H,1H3,(H,14,16). The molecular formula is C11H10ClN3S. The van der Waals surface area contributed by atoms with Crippen LogP contribution in [-0.4, -0.2) is 14.9 Å². The zero-order chi connectivity index (χ0) is 11.5. The first kappa shape index (κ1) is 11.1. The number of anilines is 1. The molecule has 0 radical (unpaired) electrons. The molecular weight excluding hydrogens is 242 g/mol. The Labute approximate surface area is 104 Å². The second-order valence-corrected chi connectivity index (χ2v) is 4.17. The van der Waals surface area contributed by atoms with Crippen molar-refractivity contribution in [3.8, 4) is 0 Å². The molecule has 0 amide bonds. The van der Waals surface area contributed by atoms with Crippen LogP contribution >= 0.6 is 23.8 Å². The van der Waals surface area contributed by atoms with E-state index < -0.39 is 0 Å². The number of nitrogens with zero attached hydrogens (tertiary/aromatic N) is 2. The van der Waals surface area contributed by atoms with Crippen LogP contribution in [0.1, 0.15) is 5.56 Å². The average molecular weight is 252 g/mol. The Morgan fingerprint density at radius 3 is 2.81 bits per heavy atom. The lowest BCUT2D eigenvalue weighted by Crippen LogP contribution is -2.19. The first-order valence-corrected chi connectivity index (χ1v) is 5.52. The van der Waals surface area contributed by atoms with E-state index in [0.29, 0.717) is 10.1 Å². The van der Waals surface area contributed by atoms with Gasteiger partial charge in [-0.05, 0) is 36.8 Å². The number of thiocarbonyl (C=S) groups is 1. The lowest BCUT2D eigenvalue weighted by Gasteiger charge is -2.08. The molecule has 1 heterocycles. The molecule has 0 spiro atoms. The predicted octanol–water partition coefficient (Wildman–Crippen LogP) is 3.09. The van der Waals surface area contributed by atoms with Crippen molar-refractivity contribution < 1.29 is 0 Å². The van der Waals surface area contributed by atoms with Gasteiger partial charge in [0.25, 0.3) is 0 Å². The van der Waals surface area contributed by atoms with E-state index in [1.807, 2.05) is 31.3 Å². The highest BCUT2D eigenvalue weighted by Gasteiger charge is 2.04. The highest BCUT2D eigenvalue weighted by molar-refractivity contribution is 7.80. The predicted molar refractivity (Wildman–Crippen MR) is 70.0 cm³/mol. The summed E-state index contributed by atoms with van der Waals surface area (Å²) < 4.78 is 1.61. The molecule has 0 aliphatic carbocycles. The number of para-hydroxylation sites is 1. The Bertz CT molecular complexity index is 521. The van der Waals surface area contributed by atoms with Crippen LogP contribution in [0, 0.1) is 6.92 Å². The van der Waals surface area contributed by atoms with Gasteiger partial charge in [0.15, 0.2) is 5.11 Å². The second kappa shape index (κ2) is 4.63. The molecule has 0 saturated heterocycles. The molecule has 2 rings (SSSR count). The fourth-order valence-corrected chi connectivity index (χ4v) is 1.65. The van der Waals surface area contributed by atoms with Crippen LogP contribution in [-0.2, 0) is 0 Å². The maximum atomic E-state index is 6.01. The normalized spacial score (nSPS) is 10.1. The molecule has 1 aromatic carbocycles. The summed E-state index contributed by atoms with van der Waals surface area (Å²) in [6.45, 7) is 1.96. The van der Waals surface area contributed by atoms with Crippen molar-refractivity contribution in [2.45, 2.75) is 6.92 Å². The highest BCUT2D eigenvalue weighted by atomic mass is 35.5. The molecule has 0 aliphatic heterocycles. The third-order valence-corrected chi connectivity index (χ3v) is 2.65. The summed E-state index contributed by atoms with van der Waals surface area (Å²) in [5.41, 5.74) is 1.84. The van der Waals surface area contributed by atoms with Crippen molar-refractivity contribution >= 4 is 34.6 Å². The van der Waals surface area contributed by atoms with Crippen LogP contribution in [0.15, 0.2) is 36.7 Å². The van der Waals surface area contributed by atoms with Gasteiger partial charge < -0.3 is 5.32 Å². The van der Waals surface area contributed by atoms with Gasteiger partial charge in [-0.3, -0.25) is 0 Å². The minimum atomic E-state index is 0.501. The second-order valence-electron chi connectivity index (χ2n) is 3.37. The van der Waals surface area contributed by atoms with Crippen molar-refractivity contribution in [1.82, 2.24) is 9.78 Å². The van der Waals surface area contributed by atoms with Gasteiger partial charge in [-0.15, -0.1) is 0 Å². The monoisotopic (exact) mass is 251 g/mol. The Kier molecular flexibility index (Phi) is 3.22. The smallest absolute Gasteiger partial charge is 0.198 e. The molecule has 16 heavy (non-hydrogen) atoms. The fraction of sp³-hybridized carbons (Fsp3) is 0.0909. The fourth-order valence-electron chi connectivity index (χ4n) is 1.26. The summed E-state index contributed by atoms with van der Waals surface area (Å²) in [4.78, 5) is 0. The maximum absolute atomic E-state index is 6.01. The minimum Gasteiger partial charge on any atom is -0.330 e. The molecule has 0 aliphatic rings. The summed E-state index contributed by atoms with van der Waals surface area (Å²) in [6.07, 6.45) is 3.60. The van der Waals surface area contributed by atoms with E-state index in [1.54, 1.807) is 16.9 Å². The Morgan fingerprint density at radius 2 is 2.19 bits per heavy atom. The van der Waals surface area contributed by atoms with Gasteiger partial charge in [-0.25, -0.2) is 4.68 Å². The van der Waals surface area contributed by atoms with Crippen molar-refractivity contribution in [1.29, 1.82) is 0 Å². The quantitative estimate of drug-likeness (QED) is 0.790. The first-order valence-electron chi connectivity index (χ1n) is 4.74. The van der Waals surface area contributed by atoms with Gasteiger partial charge in [-0.1, -0.05) is 23.7 Å². The van der Waals surface area contributed by atoms with Crippen LogP contribution < -0.4 is 5.32 Å². The lowest BCUT2D eigenvalue weighted by molar-refractivity contribution is 0.947. The van der Waals surface area contributed by atoms with Gasteiger partial charge in [0.05, 0.1) is 16.9 Å². The van der Waals surface area contributed by atoms with Gasteiger partial charge in [-0.2, -0.15) is 5.10 Å². The van der Waals surface area contributed by atoms with Crippen LogP contribution in [0.25, 0.3) is 0 Å². The summed E-state index contributed by atoms with van der Waals surface area (Å²) in [6, 6.07) is 7.44. The SMILES string of the molecule is Cc1cnn(C(=S)Nc2ccccc2Cl)c1. The molecule has 0 saturated carbocycles. The van der Waals surface area contributed by atoms with Crippen LogP contribution in [0.3, 0.4) is 0 Å². The molecule has 3 nitrogen and oxygen atoms in total. The number of halogens is 1. The van der Waals surface area contributed by atoms with Gasteiger partial charge >= 0.3 is 0 Å². The summed E-state index contributed by atoms with van der Waals surface area (Å²) in [5.74, 6) is 0. The lowest BCUT2D eigenvalue weighted by atomic mass is 10.3. The van der Waals surface area contributed by atoms with E-state index in [1.165, 1.54) is 0 Å². The van der Waals surface area contributed by atoms with Gasteiger partial charge in [0.2, 0.25) is 0 Å². The molecule has 0 atom stereocenters. The Balaban J connectivity index is 2.17. The molecule has 82 valence electrons. The molecule has 5 heteroatoms. The molecule has 2 aromatic rings. The number of hydrogen-bond acceptors (Lipinski definition) is 2. The van der Waals surface area contributed by atoms with E-state index >= 15 is 0 Å². The highest BCUT2D eigenvalue weighted by Crippen LogP contribution is 2.20.